The Kier molecular flexibility index (Phi) is 10.5. The van der Waals surface area contributed by atoms with E-state index < -0.39 is 28.5 Å². The summed E-state index contributed by atoms with van der Waals surface area (Å²) in [6.45, 7) is 3.46. The zero-order valence-corrected chi connectivity index (χ0v) is 22.3. The van der Waals surface area contributed by atoms with Gasteiger partial charge in [0.25, 0.3) is 0 Å². The first-order chi connectivity index (χ1) is 16.0. The van der Waals surface area contributed by atoms with E-state index in [9.17, 15) is 18.0 Å². The number of rotatable bonds is 11. The van der Waals surface area contributed by atoms with Crippen molar-refractivity contribution >= 4 is 62.3 Å². The summed E-state index contributed by atoms with van der Waals surface area (Å²) in [4.78, 5) is 27.5. The third-order valence-corrected chi connectivity index (χ3v) is 7.28. The maximum Gasteiger partial charge on any atom is 0.244 e. The molecule has 11 heteroatoms. The third-order valence-electron chi connectivity index (χ3n) is 5.18. The summed E-state index contributed by atoms with van der Waals surface area (Å²) in [5.74, 6) is -0.947. The quantitative estimate of drug-likeness (QED) is 0.411. The molecule has 34 heavy (non-hydrogen) atoms. The zero-order chi connectivity index (χ0) is 25.5. The Morgan fingerprint density at radius 3 is 2.15 bits per heavy atom. The van der Waals surface area contributed by atoms with Crippen LogP contribution >= 0.6 is 34.8 Å². The topological polar surface area (TPSA) is 86.8 Å². The van der Waals surface area contributed by atoms with Crippen molar-refractivity contribution in [2.75, 3.05) is 23.7 Å². The number of unbranched alkanes of at least 4 members (excludes halogenated alkanes) is 1. The number of sulfonamides is 1. The number of hydrogen-bond donors (Lipinski definition) is 1. The van der Waals surface area contributed by atoms with Gasteiger partial charge >= 0.3 is 0 Å². The van der Waals surface area contributed by atoms with E-state index in [1.807, 2.05) is 6.92 Å². The molecule has 0 fully saturated rings. The number of nitrogens with zero attached hydrogens (tertiary/aromatic N) is 2. The van der Waals surface area contributed by atoms with Gasteiger partial charge in [-0.15, -0.1) is 0 Å². The van der Waals surface area contributed by atoms with Crippen LogP contribution in [0.2, 0.25) is 15.1 Å². The summed E-state index contributed by atoms with van der Waals surface area (Å²) in [5, 5.41) is 3.91. The molecule has 0 aromatic heterocycles. The maximum absolute atomic E-state index is 13.5. The van der Waals surface area contributed by atoms with Crippen molar-refractivity contribution < 1.29 is 18.0 Å². The lowest BCUT2D eigenvalue weighted by Gasteiger charge is -2.32. The van der Waals surface area contributed by atoms with E-state index in [2.05, 4.69) is 5.32 Å². The van der Waals surface area contributed by atoms with Crippen LogP contribution in [0.15, 0.2) is 42.5 Å². The molecular weight excluding hydrogens is 521 g/mol. The van der Waals surface area contributed by atoms with Crippen molar-refractivity contribution in [3.8, 4) is 0 Å². The Morgan fingerprint density at radius 2 is 1.62 bits per heavy atom. The molecule has 7 nitrogen and oxygen atoms in total. The summed E-state index contributed by atoms with van der Waals surface area (Å²) in [7, 11) is -3.82. The molecular formula is C23H28Cl3N3O4S. The van der Waals surface area contributed by atoms with Crippen molar-refractivity contribution in [1.82, 2.24) is 10.2 Å². The standard InChI is InChI=1S/C23H28Cl3N3O4S/c1-4-5-13-27-23(31)16(2)28(14-19-20(25)7-6-8-21(19)26)22(30)15-29(34(3,32)33)18-11-9-17(24)10-12-18/h6-12,16H,4-5,13-15H2,1-3H3,(H,27,31)/t16-/m0/s1. The number of halogens is 3. The summed E-state index contributed by atoms with van der Waals surface area (Å²) in [5.41, 5.74) is 0.737. The minimum atomic E-state index is -3.82. The van der Waals surface area contributed by atoms with Gasteiger partial charge in [-0.1, -0.05) is 54.2 Å². The number of carbonyl (C=O) groups is 2. The van der Waals surface area contributed by atoms with Crippen LogP contribution in [0.5, 0.6) is 0 Å². The Bertz CT molecular complexity index is 1090. The third kappa shape index (κ3) is 7.77. The van der Waals surface area contributed by atoms with E-state index >= 15 is 0 Å². The average molecular weight is 549 g/mol. The smallest absolute Gasteiger partial charge is 0.244 e. The molecule has 0 aliphatic heterocycles. The molecule has 186 valence electrons. The predicted molar refractivity (Wildman–Crippen MR) is 138 cm³/mol. The van der Waals surface area contributed by atoms with Gasteiger partial charge in [-0.25, -0.2) is 8.42 Å². The van der Waals surface area contributed by atoms with E-state index in [-0.39, 0.29) is 18.1 Å². The molecule has 2 amide bonds. The summed E-state index contributed by atoms with van der Waals surface area (Å²) < 4.78 is 26.0. The number of anilines is 1. The lowest BCUT2D eigenvalue weighted by Crippen LogP contribution is -2.51. The van der Waals surface area contributed by atoms with Gasteiger partial charge in [0.1, 0.15) is 12.6 Å². The maximum atomic E-state index is 13.5. The first-order valence-corrected chi connectivity index (χ1v) is 13.7. The molecule has 0 spiro atoms. The van der Waals surface area contributed by atoms with Crippen LogP contribution in [0, 0.1) is 0 Å². The fourth-order valence-corrected chi connectivity index (χ4v) is 4.69. The Labute approximate surface area is 216 Å². The number of nitrogens with one attached hydrogen (secondary N) is 1. The second kappa shape index (κ2) is 12.6. The molecule has 1 N–H and O–H groups in total. The minimum absolute atomic E-state index is 0.0715. The van der Waals surface area contributed by atoms with Gasteiger partial charge in [0.15, 0.2) is 0 Å². The second-order valence-electron chi connectivity index (χ2n) is 7.79. The first kappa shape index (κ1) is 28.2. The highest BCUT2D eigenvalue weighted by Crippen LogP contribution is 2.27. The summed E-state index contributed by atoms with van der Waals surface area (Å²) in [6.07, 6.45) is 2.70. The highest BCUT2D eigenvalue weighted by molar-refractivity contribution is 7.92. The largest absolute Gasteiger partial charge is 0.354 e. The normalized spacial score (nSPS) is 12.2. The van der Waals surface area contributed by atoms with Crippen molar-refractivity contribution in [2.24, 2.45) is 0 Å². The molecule has 2 aromatic rings. The molecule has 0 radical (unpaired) electrons. The molecule has 0 bridgehead atoms. The van der Waals surface area contributed by atoms with Crippen LogP contribution in [0.3, 0.4) is 0 Å². The lowest BCUT2D eigenvalue weighted by atomic mass is 10.1. The Hall–Kier alpha value is -2.00. The van der Waals surface area contributed by atoms with E-state index in [1.165, 1.54) is 29.2 Å². The van der Waals surface area contributed by atoms with Gasteiger partial charge in [-0.3, -0.25) is 13.9 Å². The van der Waals surface area contributed by atoms with Gasteiger partial charge in [0.2, 0.25) is 21.8 Å². The highest BCUT2D eigenvalue weighted by atomic mass is 35.5. The van der Waals surface area contributed by atoms with Gasteiger partial charge in [0, 0.05) is 33.7 Å². The van der Waals surface area contributed by atoms with Crippen molar-refractivity contribution in [3.63, 3.8) is 0 Å². The molecule has 0 unspecified atom stereocenters. The fourth-order valence-electron chi connectivity index (χ4n) is 3.19. The van der Waals surface area contributed by atoms with Crippen LogP contribution in [-0.2, 0) is 26.2 Å². The molecule has 0 heterocycles. The van der Waals surface area contributed by atoms with Crippen LogP contribution < -0.4 is 9.62 Å². The van der Waals surface area contributed by atoms with Gasteiger partial charge in [0.05, 0.1) is 11.9 Å². The molecule has 1 atom stereocenters. The molecule has 2 aromatic carbocycles. The number of hydrogen-bond acceptors (Lipinski definition) is 4. The van der Waals surface area contributed by atoms with E-state index in [0.717, 1.165) is 23.4 Å². The minimum Gasteiger partial charge on any atom is -0.354 e. The molecule has 0 aliphatic rings. The predicted octanol–water partition coefficient (Wildman–Crippen LogP) is 4.75. The lowest BCUT2D eigenvalue weighted by molar-refractivity contribution is -0.139. The number of benzene rings is 2. The molecule has 0 saturated carbocycles. The summed E-state index contributed by atoms with van der Waals surface area (Å²) >= 11 is 18.5. The van der Waals surface area contributed by atoms with Gasteiger partial charge < -0.3 is 10.2 Å². The summed E-state index contributed by atoms with van der Waals surface area (Å²) in [6, 6.07) is 10.1. The molecule has 2 rings (SSSR count). The van der Waals surface area contributed by atoms with Crippen LogP contribution in [0.4, 0.5) is 5.69 Å². The second-order valence-corrected chi connectivity index (χ2v) is 10.9. The Morgan fingerprint density at radius 1 is 1.03 bits per heavy atom. The molecule has 0 aliphatic carbocycles. The van der Waals surface area contributed by atoms with E-state index in [0.29, 0.717) is 27.2 Å². The average Bonchev–Trinajstić information content (AvgIpc) is 2.77. The number of carbonyl (C=O) groups excluding carboxylic acids is 2. The SMILES string of the molecule is CCCCNC(=O)[C@H](C)N(Cc1c(Cl)cccc1Cl)C(=O)CN(c1ccc(Cl)cc1)S(C)(=O)=O. The monoisotopic (exact) mass is 547 g/mol. The van der Waals surface area contributed by atoms with Gasteiger partial charge in [-0.05, 0) is 49.7 Å². The Balaban J connectivity index is 2.39. The van der Waals surface area contributed by atoms with Crippen molar-refractivity contribution in [1.29, 1.82) is 0 Å². The number of amides is 2. The first-order valence-electron chi connectivity index (χ1n) is 10.7. The van der Waals surface area contributed by atoms with Gasteiger partial charge in [-0.2, -0.15) is 0 Å². The van der Waals surface area contributed by atoms with Crippen LogP contribution in [0.25, 0.3) is 0 Å². The highest BCUT2D eigenvalue weighted by Gasteiger charge is 2.30. The zero-order valence-electron chi connectivity index (χ0n) is 19.2. The van der Waals surface area contributed by atoms with E-state index in [4.69, 9.17) is 34.8 Å². The van der Waals surface area contributed by atoms with E-state index in [1.54, 1.807) is 25.1 Å². The van der Waals surface area contributed by atoms with Crippen LogP contribution in [-0.4, -0.2) is 50.5 Å². The molecule has 0 saturated heterocycles. The van der Waals surface area contributed by atoms with Crippen molar-refractivity contribution in [3.05, 3.63) is 63.1 Å². The van der Waals surface area contributed by atoms with Crippen molar-refractivity contribution in [2.45, 2.75) is 39.3 Å². The fraction of sp³-hybridized carbons (Fsp3) is 0.391. The van der Waals surface area contributed by atoms with Crippen LogP contribution in [0.1, 0.15) is 32.3 Å².